The Kier molecular flexibility index (Phi) is 12.4. The highest BCUT2D eigenvalue weighted by Crippen LogP contribution is 2.45. The lowest BCUT2D eigenvalue weighted by Gasteiger charge is -2.27. The summed E-state index contributed by atoms with van der Waals surface area (Å²) in [5.41, 5.74) is 12.8. The zero-order valence-electron chi connectivity index (χ0n) is 34.8. The van der Waals surface area contributed by atoms with E-state index in [0.29, 0.717) is 6.42 Å². The number of nitrogens with one attached hydrogen (secondary N) is 4. The molecule has 6 rings (SSSR count). The van der Waals surface area contributed by atoms with Crippen LogP contribution in [0.2, 0.25) is 0 Å². The zero-order chi connectivity index (χ0) is 39.7. The molecule has 298 valence electrons. The molecule has 9 nitrogen and oxygen atoms in total. The predicted octanol–water partition coefficient (Wildman–Crippen LogP) is 7.19. The third-order valence-electron chi connectivity index (χ3n) is 13.3. The maximum absolute atomic E-state index is 13.6. The Morgan fingerprint density at radius 1 is 1.00 bits per heavy atom. The summed E-state index contributed by atoms with van der Waals surface area (Å²) in [7, 11) is 1.38. The van der Waals surface area contributed by atoms with Crippen molar-refractivity contribution in [2.45, 2.75) is 126 Å². The largest absolute Gasteiger partial charge is 0.468 e. The molecule has 1 saturated heterocycles. The number of methoxy groups -OCH3 is 1. The Morgan fingerprint density at radius 3 is 2.45 bits per heavy atom. The number of esters is 2. The van der Waals surface area contributed by atoms with Crippen molar-refractivity contribution in [2.75, 3.05) is 13.7 Å². The summed E-state index contributed by atoms with van der Waals surface area (Å²) in [4.78, 5) is 34.3. The lowest BCUT2D eigenvalue weighted by Crippen LogP contribution is -2.37. The summed E-state index contributed by atoms with van der Waals surface area (Å²) in [6.07, 6.45) is 14.8. The second kappa shape index (κ2) is 16.9. The summed E-state index contributed by atoms with van der Waals surface area (Å²) in [5.74, 6) is -0.668. The number of aromatic nitrogens is 2. The van der Waals surface area contributed by atoms with E-state index in [1.54, 1.807) is 0 Å². The molecule has 0 spiro atoms. The van der Waals surface area contributed by atoms with Gasteiger partial charge in [0.15, 0.2) is 0 Å². The van der Waals surface area contributed by atoms with Crippen molar-refractivity contribution in [2.24, 2.45) is 29.6 Å². The van der Waals surface area contributed by atoms with E-state index in [0.717, 1.165) is 81.8 Å². The van der Waals surface area contributed by atoms with E-state index in [4.69, 9.17) is 9.47 Å². The molecule has 1 unspecified atom stereocenters. The van der Waals surface area contributed by atoms with Gasteiger partial charge >= 0.3 is 11.9 Å². The molecule has 4 aliphatic rings. The molecule has 5 N–H and O–H groups in total. The maximum Gasteiger partial charge on any atom is 0.315 e. The minimum Gasteiger partial charge on any atom is -0.468 e. The van der Waals surface area contributed by atoms with E-state index in [9.17, 15) is 14.7 Å². The van der Waals surface area contributed by atoms with E-state index < -0.39 is 18.0 Å². The van der Waals surface area contributed by atoms with Gasteiger partial charge in [-0.3, -0.25) is 9.59 Å². The lowest BCUT2D eigenvalue weighted by atomic mass is 9.80. The highest BCUT2D eigenvalue weighted by Gasteiger charge is 2.49. The summed E-state index contributed by atoms with van der Waals surface area (Å²) in [6.45, 7) is 19.9. The van der Waals surface area contributed by atoms with Crippen LogP contribution >= 0.6 is 0 Å². The van der Waals surface area contributed by atoms with Gasteiger partial charge in [0, 0.05) is 63.0 Å². The van der Waals surface area contributed by atoms with Gasteiger partial charge in [-0.15, -0.1) is 0 Å². The van der Waals surface area contributed by atoms with Gasteiger partial charge in [-0.1, -0.05) is 53.0 Å². The van der Waals surface area contributed by atoms with E-state index in [1.807, 2.05) is 13.0 Å². The van der Waals surface area contributed by atoms with Gasteiger partial charge in [0.05, 0.1) is 19.3 Å². The van der Waals surface area contributed by atoms with Crippen LogP contribution in [0.1, 0.15) is 133 Å². The summed E-state index contributed by atoms with van der Waals surface area (Å²) >= 11 is 0. The first-order valence-corrected chi connectivity index (χ1v) is 20.7. The molecule has 7 atom stereocenters. The van der Waals surface area contributed by atoms with Gasteiger partial charge in [-0.05, 0) is 124 Å². The SMILES string of the molecule is CCc1c2[nH]c(c1C)/C=C1\NC(=C(C)[C@@H]1CC)/C=C1\NC(C3=c4[nH]/c(c(C)c4[C@@H](O)[C@@H]3C(=O)OC)=C\2)[C@@H](CCC(=O)OC/C=C(/C)CCC[C@@H](C)CC)[C@@H]1C. The van der Waals surface area contributed by atoms with E-state index in [1.165, 1.54) is 47.9 Å². The number of H-pyrrole nitrogens is 2. The number of hydrogen-bond acceptors (Lipinski definition) is 7. The molecule has 1 fully saturated rings. The molecule has 0 radical (unpaired) electrons. The molecule has 0 aromatic carbocycles. The molecule has 3 aliphatic heterocycles. The smallest absolute Gasteiger partial charge is 0.315 e. The second-order valence-corrected chi connectivity index (χ2v) is 16.5. The Hall–Kier alpha value is -4.24. The van der Waals surface area contributed by atoms with Crippen LogP contribution in [0, 0.1) is 43.4 Å². The molecule has 5 heterocycles. The highest BCUT2D eigenvalue weighted by molar-refractivity contribution is 5.88. The molecular formula is C46H64N4O5. The van der Waals surface area contributed by atoms with E-state index >= 15 is 0 Å². The monoisotopic (exact) mass is 752 g/mol. The van der Waals surface area contributed by atoms with Gasteiger partial charge in [0.2, 0.25) is 0 Å². The number of hydrogen-bond donors (Lipinski definition) is 5. The average Bonchev–Trinajstić information content (AvgIpc) is 3.90. The number of aliphatic hydroxyl groups excluding tert-OH is 1. The van der Waals surface area contributed by atoms with E-state index in [-0.39, 0.29) is 42.8 Å². The third kappa shape index (κ3) is 7.78. The fourth-order valence-corrected chi connectivity index (χ4v) is 9.53. The van der Waals surface area contributed by atoms with Crippen LogP contribution in [-0.2, 0) is 25.5 Å². The van der Waals surface area contributed by atoms with Crippen molar-refractivity contribution in [3.63, 3.8) is 0 Å². The van der Waals surface area contributed by atoms with Crippen molar-refractivity contribution >= 4 is 29.7 Å². The molecule has 55 heavy (non-hydrogen) atoms. The molecular weight excluding hydrogens is 689 g/mol. The normalized spacial score (nSPS) is 27.4. The first kappa shape index (κ1) is 40.4. The quantitative estimate of drug-likeness (QED) is 0.108. The first-order valence-electron chi connectivity index (χ1n) is 20.7. The second-order valence-electron chi connectivity index (χ2n) is 16.5. The van der Waals surface area contributed by atoms with Crippen molar-refractivity contribution in [3.05, 3.63) is 84.7 Å². The van der Waals surface area contributed by atoms with Crippen molar-refractivity contribution in [1.29, 1.82) is 0 Å². The molecule has 0 saturated carbocycles. The fraction of sp³-hybridized carbons (Fsp3) is 0.565. The number of aromatic amines is 2. The van der Waals surface area contributed by atoms with Crippen molar-refractivity contribution < 1.29 is 24.2 Å². The zero-order valence-corrected chi connectivity index (χ0v) is 34.8. The Labute approximate surface area is 327 Å². The molecule has 0 amide bonds. The number of allylic oxidation sites excluding steroid dienone is 4. The van der Waals surface area contributed by atoms with Gasteiger partial charge in [-0.25, -0.2) is 0 Å². The standard InChI is InChI=1S/C46H64N4O5/c1-11-24(4)15-14-16-25(5)19-20-55-39(51)18-17-32-28(8)35-21-33-26(6)30(12-2)37(47-33)22-34-27(7)31(13-3)38(48-34)23-36-29(9)40-44(50-36)41(43(32)49-35)42(45(40)52)46(53)54-10/h19,21-24,28,30,32,42-43,45,47-50,52H,11-18,20H2,1-10H3/b25-19-,35-21-,36-23-,37-22-/t24-,28-,30-,32-,42+,43?,45+/m0/s1. The maximum atomic E-state index is 13.6. The van der Waals surface area contributed by atoms with E-state index in [2.05, 4.69) is 94.2 Å². The average molecular weight is 753 g/mol. The minimum absolute atomic E-state index is 0.0188. The fourth-order valence-electron chi connectivity index (χ4n) is 9.53. The van der Waals surface area contributed by atoms with Gasteiger partial charge in [0.25, 0.3) is 0 Å². The van der Waals surface area contributed by atoms with Gasteiger partial charge < -0.3 is 35.2 Å². The molecule has 9 heteroatoms. The summed E-state index contributed by atoms with van der Waals surface area (Å²) in [6, 6.07) is -0.342. The Morgan fingerprint density at radius 2 is 1.76 bits per heavy atom. The summed E-state index contributed by atoms with van der Waals surface area (Å²) < 4.78 is 11.1. The van der Waals surface area contributed by atoms with Crippen LogP contribution < -0.4 is 21.3 Å². The number of fused-ring (bicyclic) bond motifs is 8. The topological polar surface area (TPSA) is 128 Å². The van der Waals surface area contributed by atoms with Crippen LogP contribution in [0.5, 0.6) is 0 Å². The van der Waals surface area contributed by atoms with Crippen molar-refractivity contribution in [1.82, 2.24) is 20.6 Å². The number of carbonyl (C=O) groups excluding carboxylic acids is 2. The Balaban J connectivity index is 1.41. The highest BCUT2D eigenvalue weighted by atomic mass is 16.5. The summed E-state index contributed by atoms with van der Waals surface area (Å²) in [5, 5.41) is 21.3. The van der Waals surface area contributed by atoms with Gasteiger partial charge in [-0.2, -0.15) is 0 Å². The molecule has 1 aliphatic carbocycles. The van der Waals surface area contributed by atoms with Crippen LogP contribution in [0.25, 0.3) is 17.7 Å². The molecule has 8 bridgehead atoms. The van der Waals surface area contributed by atoms with Crippen LogP contribution in [0.4, 0.5) is 0 Å². The van der Waals surface area contributed by atoms with Gasteiger partial charge in [0.1, 0.15) is 12.5 Å². The molecule has 2 aromatic heterocycles. The molecule has 2 aromatic rings. The minimum atomic E-state index is -1.07. The lowest BCUT2D eigenvalue weighted by molar-refractivity contribution is -0.147. The first-order chi connectivity index (χ1) is 26.3. The number of ether oxygens (including phenoxy) is 2. The van der Waals surface area contributed by atoms with Crippen LogP contribution in [0.3, 0.4) is 0 Å². The third-order valence-corrected chi connectivity index (χ3v) is 13.3. The Bertz CT molecular complexity index is 2060. The number of rotatable bonds is 13. The van der Waals surface area contributed by atoms with Crippen molar-refractivity contribution in [3.8, 4) is 0 Å². The number of carbonyl (C=O) groups is 2. The number of aliphatic hydroxyl groups is 1. The van der Waals surface area contributed by atoms with Crippen LogP contribution in [0.15, 0.2) is 40.4 Å². The van der Waals surface area contributed by atoms with Crippen LogP contribution in [-0.4, -0.2) is 46.8 Å². The predicted molar refractivity (Wildman–Crippen MR) is 220 cm³/mol.